The lowest BCUT2D eigenvalue weighted by Gasteiger charge is -2.30. The lowest BCUT2D eigenvalue weighted by Crippen LogP contribution is -2.40. The normalized spacial score (nSPS) is 17.1. The Bertz CT molecular complexity index is 1330. The average molecular weight is 497 g/mol. The molecule has 0 unspecified atom stereocenters. The molecule has 4 rings (SSSR count). The monoisotopic (exact) mass is 496 g/mol. The molecule has 1 aliphatic heterocycles. The largest absolute Gasteiger partial charge is 0.487 e. The summed E-state index contributed by atoms with van der Waals surface area (Å²) in [5, 5.41) is 14.0. The molecule has 1 aromatic heterocycles. The molecule has 0 spiro atoms. The predicted octanol–water partition coefficient (Wildman–Crippen LogP) is 4.71. The van der Waals surface area contributed by atoms with Crippen LogP contribution in [0.2, 0.25) is 0 Å². The molecule has 0 saturated carbocycles. The number of hydrogen-bond donors (Lipinski definition) is 3. The van der Waals surface area contributed by atoms with E-state index in [1.54, 1.807) is 25.1 Å². The highest BCUT2D eigenvalue weighted by Gasteiger charge is 2.47. The number of ether oxygens (including phenoxy) is 2. The van der Waals surface area contributed by atoms with Gasteiger partial charge in [0.2, 0.25) is 0 Å². The number of halogens is 2. The maximum Gasteiger partial charge on any atom is 0.300 e. The van der Waals surface area contributed by atoms with E-state index in [0.29, 0.717) is 52.6 Å². The van der Waals surface area contributed by atoms with E-state index in [0.717, 1.165) is 20.3 Å². The number of alkyl halides is 2. The SMILES string of the molecule is C#Cc1cc2nc(C)nc(N[C@H](C)c3cc(N)cc(C(F)(F)C(C)(C)O)c3)c2cc1O[C@H]1CCOC1. The molecule has 4 N–H and O–H groups in total. The molecule has 1 saturated heterocycles. The summed E-state index contributed by atoms with van der Waals surface area (Å²) in [4.78, 5) is 9.07. The number of terminal acetylenes is 1. The number of fused-ring (bicyclic) bond motifs is 1. The van der Waals surface area contributed by atoms with Gasteiger partial charge in [-0.15, -0.1) is 6.42 Å². The zero-order valence-corrected chi connectivity index (χ0v) is 20.7. The molecular weight excluding hydrogens is 466 g/mol. The Labute approximate surface area is 209 Å². The van der Waals surface area contributed by atoms with Gasteiger partial charge >= 0.3 is 5.92 Å². The number of aliphatic hydroxyl groups is 1. The van der Waals surface area contributed by atoms with Crippen LogP contribution in [-0.4, -0.2) is 40.0 Å². The Kier molecular flexibility index (Phi) is 6.78. The second-order valence-electron chi connectivity index (χ2n) is 9.62. The van der Waals surface area contributed by atoms with Crippen molar-refractivity contribution in [3.8, 4) is 18.1 Å². The van der Waals surface area contributed by atoms with Crippen molar-refractivity contribution in [2.45, 2.75) is 57.8 Å². The Balaban J connectivity index is 1.72. The molecule has 1 aliphatic rings. The maximum atomic E-state index is 14.9. The fourth-order valence-electron chi connectivity index (χ4n) is 4.13. The van der Waals surface area contributed by atoms with Crippen LogP contribution in [0.15, 0.2) is 30.3 Å². The third-order valence-electron chi connectivity index (χ3n) is 6.21. The van der Waals surface area contributed by atoms with E-state index >= 15 is 0 Å². The number of benzene rings is 2. The predicted molar refractivity (Wildman–Crippen MR) is 135 cm³/mol. The summed E-state index contributed by atoms with van der Waals surface area (Å²) in [7, 11) is 0. The Morgan fingerprint density at radius 1 is 1.25 bits per heavy atom. The quantitative estimate of drug-likeness (QED) is 0.322. The second-order valence-corrected chi connectivity index (χ2v) is 9.62. The van der Waals surface area contributed by atoms with Gasteiger partial charge in [-0.25, -0.2) is 9.97 Å². The molecule has 7 nitrogen and oxygen atoms in total. The Morgan fingerprint density at radius 2 is 2.00 bits per heavy atom. The van der Waals surface area contributed by atoms with Gasteiger partial charge in [-0.3, -0.25) is 0 Å². The van der Waals surface area contributed by atoms with Crippen LogP contribution < -0.4 is 15.8 Å². The summed E-state index contributed by atoms with van der Waals surface area (Å²) < 4.78 is 41.3. The minimum Gasteiger partial charge on any atom is -0.487 e. The molecule has 2 heterocycles. The van der Waals surface area contributed by atoms with Crippen molar-refractivity contribution in [2.75, 3.05) is 24.3 Å². The highest BCUT2D eigenvalue weighted by molar-refractivity contribution is 5.92. The molecule has 0 aliphatic carbocycles. The third-order valence-corrected chi connectivity index (χ3v) is 6.21. The van der Waals surface area contributed by atoms with Crippen LogP contribution in [-0.2, 0) is 10.7 Å². The molecule has 0 radical (unpaired) electrons. The number of anilines is 2. The highest BCUT2D eigenvalue weighted by Crippen LogP contribution is 2.40. The molecule has 0 bridgehead atoms. The first-order valence-corrected chi connectivity index (χ1v) is 11.7. The Hall–Kier alpha value is -3.48. The number of aryl methyl sites for hydroxylation is 1. The van der Waals surface area contributed by atoms with E-state index < -0.39 is 17.6 Å². The lowest BCUT2D eigenvalue weighted by atomic mass is 9.91. The van der Waals surface area contributed by atoms with Crippen molar-refractivity contribution in [1.82, 2.24) is 9.97 Å². The number of nitrogen functional groups attached to an aromatic ring is 1. The van der Waals surface area contributed by atoms with Crippen LogP contribution in [0.3, 0.4) is 0 Å². The van der Waals surface area contributed by atoms with Gasteiger partial charge in [-0.2, -0.15) is 8.78 Å². The second kappa shape index (κ2) is 9.52. The van der Waals surface area contributed by atoms with Gasteiger partial charge in [0.1, 0.15) is 29.1 Å². The van der Waals surface area contributed by atoms with Crippen molar-refractivity contribution < 1.29 is 23.4 Å². The van der Waals surface area contributed by atoms with Gasteiger partial charge < -0.3 is 25.6 Å². The summed E-state index contributed by atoms with van der Waals surface area (Å²) in [6, 6.07) is 7.24. The van der Waals surface area contributed by atoms with Gasteiger partial charge in [-0.1, -0.05) is 5.92 Å². The molecule has 2 atom stereocenters. The maximum absolute atomic E-state index is 14.9. The summed E-state index contributed by atoms with van der Waals surface area (Å²) in [5.41, 5.74) is 5.21. The molecule has 190 valence electrons. The van der Waals surface area contributed by atoms with Crippen LogP contribution in [0.5, 0.6) is 5.75 Å². The van der Waals surface area contributed by atoms with Gasteiger partial charge in [0, 0.05) is 23.1 Å². The first-order chi connectivity index (χ1) is 16.9. The Morgan fingerprint density at radius 3 is 2.64 bits per heavy atom. The van der Waals surface area contributed by atoms with Crippen molar-refractivity contribution in [2.24, 2.45) is 0 Å². The van der Waals surface area contributed by atoms with E-state index in [-0.39, 0.29) is 17.4 Å². The van der Waals surface area contributed by atoms with Crippen LogP contribution in [0, 0.1) is 19.3 Å². The summed E-state index contributed by atoms with van der Waals surface area (Å²) in [6.07, 6.45) is 6.40. The van der Waals surface area contributed by atoms with Crippen LogP contribution in [0.4, 0.5) is 20.3 Å². The van der Waals surface area contributed by atoms with Crippen molar-refractivity contribution in [3.05, 3.63) is 52.8 Å². The summed E-state index contributed by atoms with van der Waals surface area (Å²) in [5.74, 6) is 0.691. The molecular formula is C27H30F2N4O3. The number of nitrogens with two attached hydrogens (primary N) is 1. The zero-order chi connectivity index (χ0) is 26.3. The molecule has 2 aromatic carbocycles. The van der Waals surface area contributed by atoms with Gasteiger partial charge in [0.25, 0.3) is 0 Å². The zero-order valence-electron chi connectivity index (χ0n) is 20.7. The molecule has 0 amide bonds. The number of rotatable bonds is 7. The van der Waals surface area contributed by atoms with Gasteiger partial charge in [0.05, 0.1) is 30.3 Å². The molecule has 36 heavy (non-hydrogen) atoms. The lowest BCUT2D eigenvalue weighted by molar-refractivity contribution is -0.168. The fraction of sp³-hybridized carbons (Fsp3) is 0.407. The summed E-state index contributed by atoms with van der Waals surface area (Å²) in [6.45, 7) is 6.82. The standard InChI is InChI=1S/C27H30F2N4O3/c1-6-17-11-23-22(13-24(17)36-21-7-8-35-14-21)25(33-16(3)32-23)31-15(2)18-9-19(12-20(30)10-18)27(28,29)26(4,5)34/h1,9-13,15,21,34H,7-8,14,30H2,2-5H3,(H,31,32,33)/t15-,21+/m1/s1. The first-order valence-electron chi connectivity index (χ1n) is 11.7. The van der Waals surface area contributed by atoms with Crippen LogP contribution in [0.1, 0.15) is 55.7 Å². The molecule has 9 heteroatoms. The topological polar surface area (TPSA) is 103 Å². The van der Waals surface area contributed by atoms with Crippen molar-refractivity contribution in [1.29, 1.82) is 0 Å². The average Bonchev–Trinajstić information content (AvgIpc) is 3.31. The van der Waals surface area contributed by atoms with Crippen molar-refractivity contribution in [3.63, 3.8) is 0 Å². The van der Waals surface area contributed by atoms with Gasteiger partial charge in [0.15, 0.2) is 0 Å². The van der Waals surface area contributed by atoms with Gasteiger partial charge in [-0.05, 0) is 63.6 Å². The summed E-state index contributed by atoms with van der Waals surface area (Å²) >= 11 is 0. The first kappa shape index (κ1) is 25.6. The van der Waals surface area contributed by atoms with E-state index in [1.165, 1.54) is 12.1 Å². The third kappa shape index (κ3) is 5.06. The van der Waals surface area contributed by atoms with Crippen LogP contribution >= 0.6 is 0 Å². The van der Waals surface area contributed by atoms with Crippen molar-refractivity contribution >= 4 is 22.4 Å². The van der Waals surface area contributed by atoms with E-state index in [1.807, 2.05) is 6.92 Å². The smallest absolute Gasteiger partial charge is 0.300 e. The minimum atomic E-state index is -3.50. The van der Waals surface area contributed by atoms with E-state index in [4.69, 9.17) is 21.6 Å². The van der Waals surface area contributed by atoms with Crippen LogP contribution in [0.25, 0.3) is 10.9 Å². The van der Waals surface area contributed by atoms with E-state index in [2.05, 4.69) is 21.2 Å². The number of nitrogens with one attached hydrogen (secondary N) is 1. The fourth-order valence-corrected chi connectivity index (χ4v) is 4.13. The van der Waals surface area contributed by atoms with E-state index in [9.17, 15) is 13.9 Å². The molecule has 1 fully saturated rings. The minimum absolute atomic E-state index is 0.0978. The highest BCUT2D eigenvalue weighted by atomic mass is 19.3. The number of nitrogens with zero attached hydrogens (tertiary/aromatic N) is 2. The number of aromatic nitrogens is 2. The molecule has 3 aromatic rings. The number of hydrogen-bond acceptors (Lipinski definition) is 7.